The summed E-state index contributed by atoms with van der Waals surface area (Å²) in [6.07, 6.45) is 0. The number of nitrogen functional groups attached to an aromatic ring is 1. The van der Waals surface area contributed by atoms with Crippen LogP contribution in [0.3, 0.4) is 0 Å². The van der Waals surface area contributed by atoms with Crippen LogP contribution < -0.4 is 16.4 Å². The van der Waals surface area contributed by atoms with E-state index in [-0.39, 0.29) is 32.6 Å². The van der Waals surface area contributed by atoms with Gasteiger partial charge in [-0.15, -0.1) is 11.3 Å². The van der Waals surface area contributed by atoms with Gasteiger partial charge in [0.25, 0.3) is 5.91 Å². The Balaban J connectivity index is 1.81. The zero-order chi connectivity index (χ0) is 18.7. The fourth-order valence-corrected chi connectivity index (χ4v) is 2.75. The van der Waals surface area contributed by atoms with Gasteiger partial charge in [-0.05, 0) is 44.4 Å². The van der Waals surface area contributed by atoms with Gasteiger partial charge < -0.3 is 21.6 Å². The van der Waals surface area contributed by atoms with Crippen molar-refractivity contribution in [2.45, 2.75) is 0 Å². The lowest BCUT2D eigenvalue weighted by atomic mass is 10.3. The van der Waals surface area contributed by atoms with Gasteiger partial charge in [0.2, 0.25) is 11.7 Å². The molecule has 0 aliphatic heterocycles. The highest BCUT2D eigenvalue weighted by Crippen LogP contribution is 2.22. The molecule has 13 heteroatoms. The number of thiazole rings is 1. The number of nitrogens with zero attached hydrogens (tertiary/aromatic N) is 4. The molecule has 2 heterocycles. The second kappa shape index (κ2) is 7.45. The lowest BCUT2D eigenvalue weighted by Gasteiger charge is -2.07. The van der Waals surface area contributed by atoms with Crippen LogP contribution in [0.1, 0.15) is 16.2 Å². The Hall–Kier alpha value is -3.06. The number of oxime groups is 1. The van der Waals surface area contributed by atoms with Gasteiger partial charge in [-0.1, -0.05) is 5.16 Å². The van der Waals surface area contributed by atoms with Crippen molar-refractivity contribution in [3.8, 4) is 0 Å². The molecule has 0 aliphatic rings. The summed E-state index contributed by atoms with van der Waals surface area (Å²) in [4.78, 5) is 16.0. The van der Waals surface area contributed by atoms with Crippen molar-refractivity contribution in [3.05, 3.63) is 45.3 Å². The number of hydrogen-bond acceptors (Lipinski definition) is 9. The highest BCUT2D eigenvalue weighted by molar-refractivity contribution is 9.10. The van der Waals surface area contributed by atoms with Gasteiger partial charge in [0.1, 0.15) is 11.5 Å². The van der Waals surface area contributed by atoms with E-state index in [1.807, 2.05) is 0 Å². The van der Waals surface area contributed by atoms with E-state index in [0.29, 0.717) is 5.69 Å². The minimum Gasteiger partial charge on any atom is -0.409 e. The summed E-state index contributed by atoms with van der Waals surface area (Å²) in [7, 11) is 0. The van der Waals surface area contributed by atoms with Gasteiger partial charge in [-0.25, -0.2) is 14.0 Å². The van der Waals surface area contributed by atoms with Crippen LogP contribution in [0.15, 0.2) is 37.8 Å². The lowest BCUT2D eigenvalue weighted by molar-refractivity contribution is 0.102. The largest absolute Gasteiger partial charge is 0.409 e. The van der Waals surface area contributed by atoms with Crippen LogP contribution in [-0.2, 0) is 0 Å². The third-order valence-corrected chi connectivity index (χ3v) is 4.26. The third kappa shape index (κ3) is 3.78. The van der Waals surface area contributed by atoms with Crippen molar-refractivity contribution in [2.24, 2.45) is 5.16 Å². The van der Waals surface area contributed by atoms with E-state index in [0.717, 1.165) is 11.3 Å². The van der Waals surface area contributed by atoms with Crippen LogP contribution in [0.4, 0.5) is 21.0 Å². The first-order chi connectivity index (χ1) is 12.5. The molecule has 134 valence electrons. The normalized spacial score (nSPS) is 11.4. The van der Waals surface area contributed by atoms with Crippen molar-refractivity contribution in [3.63, 3.8) is 0 Å². The zero-order valence-corrected chi connectivity index (χ0v) is 15.0. The van der Waals surface area contributed by atoms with E-state index in [2.05, 4.69) is 51.6 Å². The SMILES string of the molecule is Nc1nc(C(=O)Nc2nonc2/C(=N\O)Nc2ccc(F)c(Br)c2)cs1. The number of halogens is 2. The predicted octanol–water partition coefficient (Wildman–Crippen LogP) is 2.51. The van der Waals surface area contributed by atoms with Gasteiger partial charge in [0, 0.05) is 11.1 Å². The van der Waals surface area contributed by atoms with Crippen LogP contribution >= 0.6 is 27.3 Å². The number of carbonyl (C=O) groups excluding carboxylic acids is 1. The van der Waals surface area contributed by atoms with Crippen molar-refractivity contribution in [2.75, 3.05) is 16.4 Å². The summed E-state index contributed by atoms with van der Waals surface area (Å²) in [5.41, 5.74) is 5.88. The van der Waals surface area contributed by atoms with Crippen LogP contribution in [0.2, 0.25) is 0 Å². The van der Waals surface area contributed by atoms with Crippen molar-refractivity contribution in [1.82, 2.24) is 15.3 Å². The smallest absolute Gasteiger partial charge is 0.276 e. The van der Waals surface area contributed by atoms with Gasteiger partial charge in [0.15, 0.2) is 10.8 Å². The molecule has 5 N–H and O–H groups in total. The zero-order valence-electron chi connectivity index (χ0n) is 12.6. The maximum absolute atomic E-state index is 13.3. The summed E-state index contributed by atoms with van der Waals surface area (Å²) >= 11 is 4.14. The number of anilines is 3. The van der Waals surface area contributed by atoms with Crippen molar-refractivity contribution < 1.29 is 19.0 Å². The highest BCUT2D eigenvalue weighted by atomic mass is 79.9. The molecule has 0 aliphatic carbocycles. The van der Waals surface area contributed by atoms with E-state index in [9.17, 15) is 14.4 Å². The number of carbonyl (C=O) groups is 1. The Kier molecular flexibility index (Phi) is 5.09. The van der Waals surface area contributed by atoms with E-state index < -0.39 is 11.7 Å². The lowest BCUT2D eigenvalue weighted by Crippen LogP contribution is -2.19. The number of rotatable bonds is 4. The first-order valence-corrected chi connectivity index (χ1v) is 8.44. The third-order valence-electron chi connectivity index (χ3n) is 2.98. The molecular weight excluding hydrogens is 433 g/mol. The Morgan fingerprint density at radius 1 is 1.38 bits per heavy atom. The standard InChI is InChI=1S/C13H9BrFN7O3S/c14-6-3-5(1-2-7(6)15)17-10(20-24)9-11(22-25-21-9)19-12(23)8-4-26-13(16)18-8/h1-4,24H,(H2,16,18)(H,17,20)(H,19,22,23). The van der Waals surface area contributed by atoms with Crippen LogP contribution in [-0.4, -0.2) is 32.2 Å². The van der Waals surface area contributed by atoms with Gasteiger partial charge in [0.05, 0.1) is 4.47 Å². The fourth-order valence-electron chi connectivity index (χ4n) is 1.83. The monoisotopic (exact) mass is 441 g/mol. The van der Waals surface area contributed by atoms with Crippen molar-refractivity contribution >= 4 is 55.6 Å². The minimum absolute atomic E-state index is 0.0792. The summed E-state index contributed by atoms with van der Waals surface area (Å²) in [5, 5.41) is 26.3. The number of amides is 1. The molecule has 0 unspecified atom stereocenters. The Morgan fingerprint density at radius 2 is 2.19 bits per heavy atom. The molecule has 0 radical (unpaired) electrons. The molecule has 1 amide bonds. The average Bonchev–Trinajstić information content (AvgIpc) is 3.25. The molecule has 0 bridgehead atoms. The molecule has 26 heavy (non-hydrogen) atoms. The molecule has 2 aromatic heterocycles. The van der Waals surface area contributed by atoms with Crippen LogP contribution in [0.5, 0.6) is 0 Å². The topological polar surface area (TPSA) is 152 Å². The summed E-state index contributed by atoms with van der Waals surface area (Å²) in [5.74, 6) is -1.35. The summed E-state index contributed by atoms with van der Waals surface area (Å²) in [6, 6.07) is 4.04. The maximum atomic E-state index is 13.3. The number of benzene rings is 1. The van der Waals surface area contributed by atoms with Crippen LogP contribution in [0.25, 0.3) is 0 Å². The predicted molar refractivity (Wildman–Crippen MR) is 94.8 cm³/mol. The molecule has 0 saturated carbocycles. The van der Waals surface area contributed by atoms with E-state index in [1.165, 1.54) is 23.6 Å². The molecule has 3 rings (SSSR count). The van der Waals surface area contributed by atoms with Crippen LogP contribution in [0, 0.1) is 5.82 Å². The molecule has 10 nitrogen and oxygen atoms in total. The van der Waals surface area contributed by atoms with Gasteiger partial charge in [-0.2, -0.15) is 0 Å². The van der Waals surface area contributed by atoms with Gasteiger partial charge >= 0.3 is 0 Å². The first-order valence-electron chi connectivity index (χ1n) is 6.77. The van der Waals surface area contributed by atoms with E-state index >= 15 is 0 Å². The summed E-state index contributed by atoms with van der Waals surface area (Å²) < 4.78 is 18.1. The maximum Gasteiger partial charge on any atom is 0.276 e. The number of hydrogen-bond donors (Lipinski definition) is 4. The molecule has 0 atom stereocenters. The molecule has 0 spiro atoms. The second-order valence-electron chi connectivity index (χ2n) is 4.69. The van der Waals surface area contributed by atoms with E-state index in [4.69, 9.17) is 5.73 Å². The molecule has 0 saturated heterocycles. The highest BCUT2D eigenvalue weighted by Gasteiger charge is 2.21. The Morgan fingerprint density at radius 3 is 2.85 bits per heavy atom. The Bertz CT molecular complexity index is 990. The number of aromatic nitrogens is 3. The van der Waals surface area contributed by atoms with E-state index in [1.54, 1.807) is 0 Å². The number of nitrogens with one attached hydrogen (secondary N) is 2. The second-order valence-corrected chi connectivity index (χ2v) is 6.43. The van der Waals surface area contributed by atoms with Crippen molar-refractivity contribution in [1.29, 1.82) is 0 Å². The quantitative estimate of drug-likeness (QED) is 0.208. The number of amidine groups is 1. The molecule has 0 fully saturated rings. The molecule has 3 aromatic rings. The average molecular weight is 442 g/mol. The fraction of sp³-hybridized carbons (Fsp3) is 0. The molecular formula is C13H9BrFN7O3S. The minimum atomic E-state index is -0.600. The number of nitrogens with two attached hydrogens (primary N) is 1. The van der Waals surface area contributed by atoms with Gasteiger partial charge in [-0.3, -0.25) is 4.79 Å². The molecule has 1 aromatic carbocycles. The first kappa shape index (κ1) is 17.8. The Labute approximate surface area is 157 Å². The summed E-state index contributed by atoms with van der Waals surface area (Å²) in [6.45, 7) is 0.